The number of aromatic nitrogens is 3. The summed E-state index contributed by atoms with van der Waals surface area (Å²) in [5.41, 5.74) is 1.14. The van der Waals surface area contributed by atoms with Crippen molar-refractivity contribution in [3.8, 4) is 0 Å². The lowest BCUT2D eigenvalue weighted by Crippen LogP contribution is -2.27. The first-order valence-corrected chi connectivity index (χ1v) is 7.70. The molecule has 0 atom stereocenters. The minimum atomic E-state index is -0.266. The molecule has 0 spiro atoms. The van der Waals surface area contributed by atoms with E-state index in [1.807, 2.05) is 28.8 Å². The van der Waals surface area contributed by atoms with Crippen molar-refractivity contribution in [1.82, 2.24) is 19.7 Å². The largest absolute Gasteiger partial charge is 0.447 e. The van der Waals surface area contributed by atoms with Gasteiger partial charge in [-0.15, -0.1) is 0 Å². The van der Waals surface area contributed by atoms with Crippen LogP contribution in [-0.4, -0.2) is 33.4 Å². The smallest absolute Gasteiger partial charge is 0.279 e. The number of amides is 1. The van der Waals surface area contributed by atoms with E-state index in [4.69, 9.17) is 4.42 Å². The summed E-state index contributed by atoms with van der Waals surface area (Å²) in [6.07, 6.45) is 6.74. The molecule has 0 radical (unpaired) electrons. The Kier molecular flexibility index (Phi) is 3.55. The fourth-order valence-electron chi connectivity index (χ4n) is 3.00. The van der Waals surface area contributed by atoms with E-state index < -0.39 is 0 Å². The Hall–Kier alpha value is -2.67. The number of imidazole rings is 1. The predicted molar refractivity (Wildman–Crippen MR) is 84.5 cm³/mol. The molecule has 1 amide bonds. The summed E-state index contributed by atoms with van der Waals surface area (Å²) in [7, 11) is 0. The molecule has 2 N–H and O–H groups in total. The molecule has 0 bridgehead atoms. The lowest BCUT2D eigenvalue weighted by Gasteiger charge is -2.20. The van der Waals surface area contributed by atoms with Crippen molar-refractivity contribution in [3.63, 3.8) is 0 Å². The molecule has 0 unspecified atom stereocenters. The predicted octanol–water partition coefficient (Wildman–Crippen LogP) is 2.04. The summed E-state index contributed by atoms with van der Waals surface area (Å²) < 4.78 is 7.33. The van der Waals surface area contributed by atoms with Gasteiger partial charge in [0.05, 0.1) is 6.20 Å². The van der Waals surface area contributed by atoms with Gasteiger partial charge in [-0.05, 0) is 38.1 Å². The third-order valence-electron chi connectivity index (χ3n) is 4.18. The molecule has 0 aromatic carbocycles. The maximum absolute atomic E-state index is 12.6. The Morgan fingerprint density at radius 2 is 2.17 bits per heavy atom. The summed E-state index contributed by atoms with van der Waals surface area (Å²) in [6.45, 7) is 1.86. The molecular formula is C16H17N5O2. The highest BCUT2D eigenvalue weighted by molar-refractivity contribution is 6.03. The van der Waals surface area contributed by atoms with Crippen molar-refractivity contribution in [3.05, 3.63) is 48.4 Å². The third kappa shape index (κ3) is 2.59. The molecule has 7 heteroatoms. The van der Waals surface area contributed by atoms with Crippen LogP contribution in [0.25, 0.3) is 5.65 Å². The van der Waals surface area contributed by atoms with Crippen molar-refractivity contribution >= 4 is 17.4 Å². The van der Waals surface area contributed by atoms with E-state index in [1.54, 1.807) is 6.20 Å². The van der Waals surface area contributed by atoms with Gasteiger partial charge in [-0.2, -0.15) is 0 Å². The molecule has 0 saturated carbocycles. The Balaban J connectivity index is 1.59. The first-order chi connectivity index (χ1) is 11.3. The van der Waals surface area contributed by atoms with Gasteiger partial charge in [0.15, 0.2) is 12.1 Å². The number of hydrogen-bond donors (Lipinski definition) is 2. The number of rotatable bonds is 3. The van der Waals surface area contributed by atoms with Gasteiger partial charge < -0.3 is 15.1 Å². The van der Waals surface area contributed by atoms with Crippen LogP contribution in [0.3, 0.4) is 0 Å². The number of carbonyl (C=O) groups excluding carboxylic acids is 1. The average Bonchev–Trinajstić information content (AvgIpc) is 3.23. The van der Waals surface area contributed by atoms with E-state index in [0.29, 0.717) is 17.3 Å². The van der Waals surface area contributed by atoms with E-state index in [0.717, 1.165) is 31.6 Å². The number of carbonyl (C=O) groups is 1. The summed E-state index contributed by atoms with van der Waals surface area (Å²) >= 11 is 0. The van der Waals surface area contributed by atoms with Gasteiger partial charge in [0.25, 0.3) is 5.91 Å². The van der Waals surface area contributed by atoms with E-state index >= 15 is 0 Å². The summed E-state index contributed by atoms with van der Waals surface area (Å²) in [5.74, 6) is 1.27. The Bertz CT molecular complexity index is 832. The molecule has 118 valence electrons. The van der Waals surface area contributed by atoms with Gasteiger partial charge in [-0.1, -0.05) is 6.07 Å². The quantitative estimate of drug-likeness (QED) is 0.773. The van der Waals surface area contributed by atoms with E-state index in [9.17, 15) is 4.79 Å². The minimum absolute atomic E-state index is 0.238. The first kappa shape index (κ1) is 14.0. The molecule has 4 rings (SSSR count). The van der Waals surface area contributed by atoms with Crippen molar-refractivity contribution in [2.75, 3.05) is 18.4 Å². The van der Waals surface area contributed by atoms with Crippen molar-refractivity contribution in [1.29, 1.82) is 0 Å². The lowest BCUT2D eigenvalue weighted by molar-refractivity contribution is 0.101. The number of nitrogens with zero attached hydrogens (tertiary/aromatic N) is 3. The van der Waals surface area contributed by atoms with Gasteiger partial charge in [0.1, 0.15) is 17.2 Å². The molecule has 4 heterocycles. The molecule has 1 fully saturated rings. The monoisotopic (exact) mass is 311 g/mol. The van der Waals surface area contributed by atoms with Crippen molar-refractivity contribution < 1.29 is 9.21 Å². The second-order valence-corrected chi connectivity index (χ2v) is 5.62. The molecular weight excluding hydrogens is 294 g/mol. The summed E-state index contributed by atoms with van der Waals surface area (Å²) in [5, 5.41) is 6.18. The molecule has 23 heavy (non-hydrogen) atoms. The highest BCUT2D eigenvalue weighted by Crippen LogP contribution is 2.28. The van der Waals surface area contributed by atoms with E-state index in [2.05, 4.69) is 20.6 Å². The first-order valence-electron chi connectivity index (χ1n) is 7.70. The van der Waals surface area contributed by atoms with Crippen LogP contribution in [0, 0.1) is 0 Å². The summed E-state index contributed by atoms with van der Waals surface area (Å²) in [6, 6.07) is 5.67. The fraction of sp³-hybridized carbons (Fsp3) is 0.312. The highest BCUT2D eigenvalue weighted by atomic mass is 16.3. The topological polar surface area (TPSA) is 84.5 Å². The second kappa shape index (κ2) is 5.85. The van der Waals surface area contributed by atoms with Gasteiger partial charge >= 0.3 is 0 Å². The zero-order valence-corrected chi connectivity index (χ0v) is 12.5. The third-order valence-corrected chi connectivity index (χ3v) is 4.18. The molecule has 1 aliphatic rings. The Morgan fingerprint density at radius 3 is 3.04 bits per heavy atom. The maximum atomic E-state index is 12.6. The standard InChI is InChI=1S/C16H17N5O2/c22-16(20-13-9-18-12-3-1-2-8-21(12)13)14-15(23-10-19-14)11-4-6-17-7-5-11/h1-3,8-11,17H,4-7H2,(H,20,22). The fourth-order valence-corrected chi connectivity index (χ4v) is 3.00. The number of fused-ring (bicyclic) bond motifs is 1. The van der Waals surface area contributed by atoms with Crippen LogP contribution in [0.4, 0.5) is 5.82 Å². The Morgan fingerprint density at radius 1 is 1.30 bits per heavy atom. The number of nitrogens with one attached hydrogen (secondary N) is 2. The van der Waals surface area contributed by atoms with Crippen LogP contribution in [0.2, 0.25) is 0 Å². The summed E-state index contributed by atoms with van der Waals surface area (Å²) in [4.78, 5) is 21.0. The maximum Gasteiger partial charge on any atom is 0.279 e. The molecule has 0 aliphatic carbocycles. The van der Waals surface area contributed by atoms with Crippen LogP contribution in [0.5, 0.6) is 0 Å². The number of oxazole rings is 1. The average molecular weight is 311 g/mol. The number of hydrogen-bond acceptors (Lipinski definition) is 5. The molecule has 3 aromatic heterocycles. The molecule has 1 aliphatic heterocycles. The number of piperidine rings is 1. The van der Waals surface area contributed by atoms with Gasteiger partial charge in [-0.25, -0.2) is 9.97 Å². The molecule has 3 aromatic rings. The number of pyridine rings is 1. The van der Waals surface area contributed by atoms with Crippen molar-refractivity contribution in [2.45, 2.75) is 18.8 Å². The normalized spacial score (nSPS) is 15.8. The van der Waals surface area contributed by atoms with Crippen LogP contribution < -0.4 is 10.6 Å². The minimum Gasteiger partial charge on any atom is -0.447 e. The van der Waals surface area contributed by atoms with Crippen LogP contribution in [0.15, 0.2) is 41.4 Å². The van der Waals surface area contributed by atoms with E-state index in [-0.39, 0.29) is 11.8 Å². The van der Waals surface area contributed by atoms with E-state index in [1.165, 1.54) is 6.39 Å². The highest BCUT2D eigenvalue weighted by Gasteiger charge is 2.26. The zero-order valence-electron chi connectivity index (χ0n) is 12.5. The Labute approximate surface area is 132 Å². The molecule has 7 nitrogen and oxygen atoms in total. The number of anilines is 1. The second-order valence-electron chi connectivity index (χ2n) is 5.62. The van der Waals surface area contributed by atoms with Crippen LogP contribution in [-0.2, 0) is 0 Å². The molecule has 1 saturated heterocycles. The van der Waals surface area contributed by atoms with Crippen LogP contribution in [0.1, 0.15) is 35.0 Å². The van der Waals surface area contributed by atoms with Gasteiger partial charge in [0.2, 0.25) is 0 Å². The lowest BCUT2D eigenvalue weighted by atomic mass is 9.94. The van der Waals surface area contributed by atoms with Gasteiger partial charge in [0, 0.05) is 12.1 Å². The van der Waals surface area contributed by atoms with Crippen LogP contribution >= 0.6 is 0 Å². The van der Waals surface area contributed by atoms with Gasteiger partial charge in [-0.3, -0.25) is 9.20 Å². The SMILES string of the molecule is O=C(Nc1cnc2ccccn12)c1ncoc1C1CCNCC1. The van der Waals surface area contributed by atoms with Crippen molar-refractivity contribution in [2.24, 2.45) is 0 Å². The zero-order chi connectivity index (χ0) is 15.6.